The van der Waals surface area contributed by atoms with Crippen LogP contribution in [0.2, 0.25) is 13.1 Å². The first-order valence-electron chi connectivity index (χ1n) is 2.61. The van der Waals surface area contributed by atoms with E-state index >= 15 is 0 Å². The van der Waals surface area contributed by atoms with E-state index in [1.54, 1.807) is 0 Å². The van der Waals surface area contributed by atoms with Crippen LogP contribution in [-0.2, 0) is 8.99 Å². The summed E-state index contributed by atoms with van der Waals surface area (Å²) < 4.78 is 15.4. The molecule has 0 saturated heterocycles. The molecule has 0 atom stereocenters. The highest BCUT2D eigenvalue weighted by atomic mass is 31.3. The standard InChI is InChI=1S/C4H11O2PSi/c1-4-6-8(2,3)7-5/h4H2,1-3H3. The molecule has 0 radical (unpaired) electrons. The Morgan fingerprint density at radius 3 is 2.25 bits per heavy atom. The summed E-state index contributed by atoms with van der Waals surface area (Å²) in [6.45, 7) is 6.44. The maximum atomic E-state index is 10.3. The van der Waals surface area contributed by atoms with Gasteiger partial charge in [-0.15, -0.1) is 0 Å². The normalized spacial score (nSPS) is 12.4. The van der Waals surface area contributed by atoms with Gasteiger partial charge >= 0.3 is 0 Å². The molecule has 0 heterocycles. The molecule has 4 heteroatoms. The summed E-state index contributed by atoms with van der Waals surface area (Å²) in [7, 11) is -1.57. The largest absolute Gasteiger partial charge is 0.406 e. The minimum absolute atomic E-state index is 0.188. The van der Waals surface area contributed by atoms with Crippen molar-refractivity contribution in [3.63, 3.8) is 0 Å². The van der Waals surface area contributed by atoms with Gasteiger partial charge in [-0.25, -0.2) is 0 Å². The third-order valence-corrected chi connectivity index (χ3v) is 3.86. The molecule has 48 valence electrons. The van der Waals surface area contributed by atoms with Gasteiger partial charge in [0.15, 0.2) is 8.01 Å². The van der Waals surface area contributed by atoms with Crippen molar-refractivity contribution >= 4 is 16.0 Å². The molecule has 0 N–H and O–H groups in total. The Morgan fingerprint density at radius 2 is 2.12 bits per heavy atom. The molecule has 0 rings (SSSR count). The molecular formula is C4H11O2PSi. The third kappa shape index (κ3) is 3.30. The zero-order chi connectivity index (χ0) is 6.62. The predicted molar refractivity (Wildman–Crippen MR) is 36.7 cm³/mol. The van der Waals surface area contributed by atoms with Crippen molar-refractivity contribution in [2.75, 3.05) is 6.61 Å². The van der Waals surface area contributed by atoms with Gasteiger partial charge in [0.25, 0.3) is 7.98 Å². The van der Waals surface area contributed by atoms with Crippen LogP contribution in [-0.4, -0.2) is 14.6 Å². The predicted octanol–water partition coefficient (Wildman–Crippen LogP) is 2.02. The van der Waals surface area contributed by atoms with E-state index in [-0.39, 0.29) is 8.01 Å². The van der Waals surface area contributed by atoms with Gasteiger partial charge in [-0.2, -0.15) is 0 Å². The lowest BCUT2D eigenvalue weighted by atomic mass is 10.9. The Kier molecular flexibility index (Phi) is 3.45. The minimum atomic E-state index is -1.76. The smallest absolute Gasteiger partial charge is 0.289 e. The lowest BCUT2D eigenvalue weighted by Crippen LogP contribution is -2.21. The van der Waals surface area contributed by atoms with Crippen LogP contribution in [0.3, 0.4) is 0 Å². The Bertz CT molecular complexity index is 84.1. The summed E-state index contributed by atoms with van der Waals surface area (Å²) in [6.07, 6.45) is 0. The lowest BCUT2D eigenvalue weighted by molar-refractivity contribution is 0.343. The summed E-state index contributed by atoms with van der Waals surface area (Å²) in [4.78, 5) is 0. The average molecular weight is 150 g/mol. The minimum Gasteiger partial charge on any atom is -0.406 e. The Balaban J connectivity index is 3.53. The molecule has 0 spiro atoms. The molecule has 0 aromatic carbocycles. The van der Waals surface area contributed by atoms with Crippen LogP contribution in [0.5, 0.6) is 0 Å². The molecule has 0 aromatic heterocycles. The van der Waals surface area contributed by atoms with Crippen LogP contribution in [0.4, 0.5) is 0 Å². The lowest BCUT2D eigenvalue weighted by Gasteiger charge is -2.10. The van der Waals surface area contributed by atoms with Gasteiger partial charge in [0.1, 0.15) is 0 Å². The molecule has 0 aliphatic rings. The van der Waals surface area contributed by atoms with Crippen LogP contribution in [0.15, 0.2) is 0 Å². The molecule has 0 bridgehead atoms. The van der Waals surface area contributed by atoms with Crippen LogP contribution in [0.25, 0.3) is 0 Å². The van der Waals surface area contributed by atoms with Crippen molar-refractivity contribution in [2.45, 2.75) is 20.0 Å². The average Bonchev–Trinajstić information content (AvgIpc) is 1.67. The quantitative estimate of drug-likeness (QED) is 0.454. The van der Waals surface area contributed by atoms with Gasteiger partial charge in [-0.05, 0) is 20.0 Å². The molecule has 8 heavy (non-hydrogen) atoms. The van der Waals surface area contributed by atoms with E-state index in [0.29, 0.717) is 6.61 Å². The summed E-state index contributed by atoms with van der Waals surface area (Å²) in [5.74, 6) is 0. The second kappa shape index (κ2) is 3.33. The molecule has 0 saturated carbocycles. The first kappa shape index (κ1) is 8.28. The number of hydrogen-bond donors (Lipinski definition) is 0. The zero-order valence-electron chi connectivity index (χ0n) is 5.47. The summed E-state index contributed by atoms with van der Waals surface area (Å²) in [5.41, 5.74) is 0. The van der Waals surface area contributed by atoms with E-state index < -0.39 is 7.98 Å². The van der Waals surface area contributed by atoms with Crippen molar-refractivity contribution in [1.29, 1.82) is 0 Å². The summed E-state index contributed by atoms with van der Waals surface area (Å²) in [5, 5.41) is 0. The topological polar surface area (TPSA) is 26.3 Å². The molecule has 0 amide bonds. The summed E-state index contributed by atoms with van der Waals surface area (Å²) in [6, 6.07) is 0. The second-order valence-corrected chi connectivity index (χ2v) is 9.11. The van der Waals surface area contributed by atoms with Crippen LogP contribution < -0.4 is 0 Å². The van der Waals surface area contributed by atoms with E-state index in [1.807, 2.05) is 20.0 Å². The van der Waals surface area contributed by atoms with E-state index in [0.717, 1.165) is 0 Å². The maximum absolute atomic E-state index is 10.3. The van der Waals surface area contributed by atoms with Crippen molar-refractivity contribution in [2.24, 2.45) is 0 Å². The fourth-order valence-electron chi connectivity index (χ4n) is 0.380. The van der Waals surface area contributed by atoms with E-state index in [4.69, 9.17) is 4.43 Å². The highest BCUT2D eigenvalue weighted by Gasteiger charge is 2.21. The first-order valence-corrected chi connectivity index (χ1v) is 7.17. The molecule has 0 fully saturated rings. The van der Waals surface area contributed by atoms with E-state index in [2.05, 4.69) is 0 Å². The van der Waals surface area contributed by atoms with Crippen molar-refractivity contribution in [3.8, 4) is 0 Å². The molecular weight excluding hydrogens is 139 g/mol. The first-order chi connectivity index (χ1) is 3.62. The Hall–Kier alpha value is 0.277. The highest BCUT2D eigenvalue weighted by molar-refractivity contribution is 7.71. The number of rotatable bonds is 3. The van der Waals surface area contributed by atoms with Crippen LogP contribution in [0.1, 0.15) is 6.92 Å². The van der Waals surface area contributed by atoms with Crippen molar-refractivity contribution < 1.29 is 8.99 Å². The van der Waals surface area contributed by atoms with Crippen LogP contribution in [0, 0.1) is 0 Å². The zero-order valence-corrected chi connectivity index (χ0v) is 7.37. The molecule has 0 aliphatic heterocycles. The molecule has 0 unspecified atom stereocenters. The van der Waals surface area contributed by atoms with Crippen molar-refractivity contribution in [1.82, 2.24) is 0 Å². The highest BCUT2D eigenvalue weighted by Crippen LogP contribution is 2.16. The van der Waals surface area contributed by atoms with Gasteiger partial charge < -0.3 is 4.43 Å². The van der Waals surface area contributed by atoms with Crippen LogP contribution >= 0.6 is 8.01 Å². The fraction of sp³-hybridized carbons (Fsp3) is 1.00. The van der Waals surface area contributed by atoms with Gasteiger partial charge in [-0.3, -0.25) is 4.57 Å². The fourth-order valence-corrected chi connectivity index (χ4v) is 1.68. The van der Waals surface area contributed by atoms with E-state index in [9.17, 15) is 4.57 Å². The van der Waals surface area contributed by atoms with E-state index in [1.165, 1.54) is 0 Å². The molecule has 2 nitrogen and oxygen atoms in total. The molecule has 0 aliphatic carbocycles. The van der Waals surface area contributed by atoms with Gasteiger partial charge in [0.2, 0.25) is 0 Å². The third-order valence-electron chi connectivity index (χ3n) is 0.717. The molecule has 0 aromatic rings. The van der Waals surface area contributed by atoms with Gasteiger partial charge in [-0.1, -0.05) is 0 Å². The maximum Gasteiger partial charge on any atom is 0.289 e. The number of hydrogen-bond acceptors (Lipinski definition) is 2. The Labute approximate surface area is 52.4 Å². The summed E-state index contributed by atoms with van der Waals surface area (Å²) >= 11 is 0. The Morgan fingerprint density at radius 1 is 1.62 bits per heavy atom. The van der Waals surface area contributed by atoms with Crippen molar-refractivity contribution in [3.05, 3.63) is 0 Å². The second-order valence-electron chi connectivity index (χ2n) is 1.97. The van der Waals surface area contributed by atoms with Gasteiger partial charge in [0, 0.05) is 6.61 Å². The van der Waals surface area contributed by atoms with Gasteiger partial charge in [0.05, 0.1) is 0 Å². The monoisotopic (exact) mass is 150 g/mol. The SMILES string of the molecule is CCO[Si](C)(C)P=O.